The van der Waals surface area contributed by atoms with Gasteiger partial charge < -0.3 is 10.6 Å². The average Bonchev–Trinajstić information content (AvgIpc) is 2.40. The zero-order chi connectivity index (χ0) is 15.4. The monoisotopic (exact) mass is 370 g/mol. The topological polar surface area (TPSA) is 41.1 Å². The van der Waals surface area contributed by atoms with Gasteiger partial charge in [0.15, 0.2) is 0 Å². The lowest BCUT2D eigenvalue weighted by atomic mass is 10.2. The summed E-state index contributed by atoms with van der Waals surface area (Å²) in [5.41, 5.74) is 2.22. The number of amides is 1. The molecular formula is C15H13BrClFN2O. The number of para-hydroxylation sites is 1. The molecule has 21 heavy (non-hydrogen) atoms. The van der Waals surface area contributed by atoms with E-state index >= 15 is 0 Å². The lowest BCUT2D eigenvalue weighted by Gasteiger charge is -2.12. The van der Waals surface area contributed by atoms with Crippen LogP contribution in [0.1, 0.15) is 5.56 Å². The summed E-state index contributed by atoms with van der Waals surface area (Å²) in [6.07, 6.45) is 0. The minimum Gasteiger partial charge on any atom is -0.374 e. The molecule has 0 aromatic heterocycles. The molecule has 0 bridgehead atoms. The van der Waals surface area contributed by atoms with E-state index in [0.717, 1.165) is 11.3 Å². The van der Waals surface area contributed by atoms with Gasteiger partial charge in [0, 0.05) is 10.2 Å². The Labute approximate surface area is 135 Å². The van der Waals surface area contributed by atoms with Crippen molar-refractivity contribution < 1.29 is 9.18 Å². The fraction of sp³-hybridized carbons (Fsp3) is 0.133. The molecule has 0 aliphatic carbocycles. The third kappa shape index (κ3) is 4.19. The van der Waals surface area contributed by atoms with Crippen molar-refractivity contribution in [2.24, 2.45) is 0 Å². The highest BCUT2D eigenvalue weighted by atomic mass is 79.9. The first kappa shape index (κ1) is 15.8. The molecule has 2 rings (SSSR count). The van der Waals surface area contributed by atoms with E-state index in [1.165, 1.54) is 12.1 Å². The Bertz CT molecular complexity index is 655. The van der Waals surface area contributed by atoms with E-state index in [1.807, 2.05) is 31.2 Å². The van der Waals surface area contributed by atoms with Crippen LogP contribution in [-0.4, -0.2) is 12.5 Å². The van der Waals surface area contributed by atoms with Gasteiger partial charge in [-0.1, -0.05) is 29.8 Å². The first-order valence-electron chi connectivity index (χ1n) is 6.21. The Morgan fingerprint density at radius 3 is 2.71 bits per heavy atom. The summed E-state index contributed by atoms with van der Waals surface area (Å²) in [5, 5.41) is 5.90. The van der Waals surface area contributed by atoms with E-state index in [2.05, 4.69) is 26.6 Å². The van der Waals surface area contributed by atoms with Gasteiger partial charge in [-0.25, -0.2) is 4.39 Å². The highest BCUT2D eigenvalue weighted by Crippen LogP contribution is 2.31. The number of carbonyl (C=O) groups is 1. The summed E-state index contributed by atoms with van der Waals surface area (Å²) >= 11 is 9.15. The van der Waals surface area contributed by atoms with E-state index in [4.69, 9.17) is 11.6 Å². The number of aryl methyl sites for hydroxylation is 1. The summed E-state index contributed by atoms with van der Waals surface area (Å²) in [6.45, 7) is 1.94. The van der Waals surface area contributed by atoms with Crippen molar-refractivity contribution in [3.05, 3.63) is 57.3 Å². The van der Waals surface area contributed by atoms with E-state index in [9.17, 15) is 9.18 Å². The molecule has 1 amide bonds. The second kappa shape index (κ2) is 6.91. The number of benzene rings is 2. The molecule has 2 N–H and O–H groups in total. The number of rotatable bonds is 4. The second-order valence-corrected chi connectivity index (χ2v) is 5.72. The lowest BCUT2D eigenvalue weighted by molar-refractivity contribution is -0.114. The van der Waals surface area contributed by atoms with Crippen LogP contribution in [0.15, 0.2) is 40.9 Å². The minimum absolute atomic E-state index is 0.0261. The molecular weight excluding hydrogens is 359 g/mol. The van der Waals surface area contributed by atoms with Gasteiger partial charge in [0.2, 0.25) is 5.91 Å². The summed E-state index contributed by atoms with van der Waals surface area (Å²) < 4.78 is 13.6. The zero-order valence-electron chi connectivity index (χ0n) is 11.2. The second-order valence-electron chi connectivity index (χ2n) is 4.46. The molecule has 110 valence electrons. The molecule has 0 radical (unpaired) electrons. The standard InChI is InChI=1S/C15H13BrClFN2O/c1-9-4-2-3-5-13(9)20-14(21)8-19-15-11(16)6-10(18)7-12(15)17/h2-7,19H,8H2,1H3,(H,20,21). The molecule has 0 atom stereocenters. The Kier molecular flexibility index (Phi) is 5.20. The van der Waals surface area contributed by atoms with Gasteiger partial charge in [-0.3, -0.25) is 4.79 Å². The van der Waals surface area contributed by atoms with Gasteiger partial charge in [-0.05, 0) is 46.6 Å². The van der Waals surface area contributed by atoms with Crippen molar-refractivity contribution in [2.45, 2.75) is 6.92 Å². The SMILES string of the molecule is Cc1ccccc1NC(=O)CNc1c(Cl)cc(F)cc1Br. The van der Waals surface area contributed by atoms with Crippen LogP contribution in [0.25, 0.3) is 0 Å². The van der Waals surface area contributed by atoms with Crippen LogP contribution in [0, 0.1) is 12.7 Å². The molecule has 0 saturated carbocycles. The Morgan fingerprint density at radius 1 is 1.33 bits per heavy atom. The van der Waals surface area contributed by atoms with Gasteiger partial charge in [-0.15, -0.1) is 0 Å². The number of halogens is 3. The maximum atomic E-state index is 13.1. The minimum atomic E-state index is -0.443. The highest BCUT2D eigenvalue weighted by Gasteiger charge is 2.10. The Morgan fingerprint density at radius 2 is 2.05 bits per heavy atom. The summed E-state index contributed by atoms with van der Waals surface area (Å²) in [6, 6.07) is 9.97. The largest absolute Gasteiger partial charge is 0.374 e. The van der Waals surface area contributed by atoms with Gasteiger partial charge in [-0.2, -0.15) is 0 Å². The van der Waals surface area contributed by atoms with Crippen LogP contribution >= 0.6 is 27.5 Å². The molecule has 0 aliphatic heterocycles. The third-order valence-corrected chi connectivity index (χ3v) is 3.78. The molecule has 0 heterocycles. The van der Waals surface area contributed by atoms with Crippen molar-refractivity contribution in [3.63, 3.8) is 0 Å². The Balaban J connectivity index is 2.01. The molecule has 3 nitrogen and oxygen atoms in total. The first-order chi connectivity index (χ1) is 9.97. The maximum absolute atomic E-state index is 13.1. The highest BCUT2D eigenvalue weighted by molar-refractivity contribution is 9.10. The average molecular weight is 372 g/mol. The molecule has 0 saturated heterocycles. The molecule has 2 aromatic carbocycles. The molecule has 0 unspecified atom stereocenters. The molecule has 2 aromatic rings. The predicted molar refractivity (Wildman–Crippen MR) is 87.4 cm³/mol. The smallest absolute Gasteiger partial charge is 0.243 e. The lowest BCUT2D eigenvalue weighted by Crippen LogP contribution is -2.22. The third-order valence-electron chi connectivity index (χ3n) is 2.85. The summed E-state index contributed by atoms with van der Waals surface area (Å²) in [7, 11) is 0. The van der Waals surface area contributed by atoms with Crippen molar-refractivity contribution in [1.82, 2.24) is 0 Å². The van der Waals surface area contributed by atoms with Gasteiger partial charge in [0.1, 0.15) is 5.82 Å². The van der Waals surface area contributed by atoms with Crippen molar-refractivity contribution in [3.8, 4) is 0 Å². The molecule has 0 aliphatic rings. The fourth-order valence-electron chi connectivity index (χ4n) is 1.79. The number of carbonyl (C=O) groups excluding carboxylic acids is 1. The first-order valence-corrected chi connectivity index (χ1v) is 7.38. The molecule has 0 fully saturated rings. The fourth-order valence-corrected chi connectivity index (χ4v) is 2.75. The van der Waals surface area contributed by atoms with E-state index in [-0.39, 0.29) is 17.5 Å². The van der Waals surface area contributed by atoms with Crippen LogP contribution in [0.3, 0.4) is 0 Å². The van der Waals surface area contributed by atoms with Crippen molar-refractivity contribution in [1.29, 1.82) is 0 Å². The summed E-state index contributed by atoms with van der Waals surface area (Å²) in [4.78, 5) is 11.9. The number of nitrogens with one attached hydrogen (secondary N) is 2. The molecule has 0 spiro atoms. The van der Waals surface area contributed by atoms with Gasteiger partial charge in [0.05, 0.1) is 17.3 Å². The van der Waals surface area contributed by atoms with Gasteiger partial charge >= 0.3 is 0 Å². The summed E-state index contributed by atoms with van der Waals surface area (Å²) in [5.74, 6) is -0.654. The van der Waals surface area contributed by atoms with Gasteiger partial charge in [0.25, 0.3) is 0 Å². The van der Waals surface area contributed by atoms with Crippen molar-refractivity contribution >= 4 is 44.8 Å². The van der Waals surface area contributed by atoms with Crippen molar-refractivity contribution in [2.75, 3.05) is 17.2 Å². The Hall–Kier alpha value is -1.59. The number of hydrogen-bond acceptors (Lipinski definition) is 2. The quantitative estimate of drug-likeness (QED) is 0.824. The van der Waals surface area contributed by atoms with Crippen LogP contribution in [0.5, 0.6) is 0 Å². The van der Waals surface area contributed by atoms with Crippen LogP contribution in [0.2, 0.25) is 5.02 Å². The van der Waals surface area contributed by atoms with Crippen LogP contribution in [-0.2, 0) is 4.79 Å². The van der Waals surface area contributed by atoms with E-state index in [1.54, 1.807) is 0 Å². The number of anilines is 2. The zero-order valence-corrected chi connectivity index (χ0v) is 13.6. The maximum Gasteiger partial charge on any atom is 0.243 e. The van der Waals surface area contributed by atoms with Crippen LogP contribution < -0.4 is 10.6 Å². The van der Waals surface area contributed by atoms with E-state index in [0.29, 0.717) is 10.2 Å². The van der Waals surface area contributed by atoms with Crippen LogP contribution in [0.4, 0.5) is 15.8 Å². The molecule has 6 heteroatoms. The predicted octanol–water partition coefficient (Wildman–Crippen LogP) is 4.60. The number of hydrogen-bond donors (Lipinski definition) is 2. The normalized spacial score (nSPS) is 10.3. The van der Waals surface area contributed by atoms with E-state index < -0.39 is 5.82 Å².